The molecule has 13 nitrogen and oxygen atoms in total. The Morgan fingerprint density at radius 2 is 1.45 bits per heavy atom. The van der Waals surface area contributed by atoms with E-state index >= 15 is 0 Å². The minimum absolute atomic E-state index is 0.0219. The third kappa shape index (κ3) is 9.58. The molecule has 0 saturated carbocycles. The number of ether oxygens (including phenoxy) is 6. The van der Waals surface area contributed by atoms with E-state index in [4.69, 9.17) is 28.4 Å². The van der Waals surface area contributed by atoms with Crippen LogP contribution in [-0.4, -0.2) is 58.1 Å². The van der Waals surface area contributed by atoms with Gasteiger partial charge in [-0.05, 0) is 64.8 Å². The van der Waals surface area contributed by atoms with Crippen molar-refractivity contribution < 1.29 is 42.9 Å². The minimum Gasteiger partial charge on any atom is -0.493 e. The van der Waals surface area contributed by atoms with Crippen LogP contribution >= 0.6 is 0 Å². The number of nitrogens with zero attached hydrogens (tertiary/aromatic N) is 2. The van der Waals surface area contributed by atoms with E-state index in [-0.39, 0.29) is 50.8 Å². The number of hydrogen-bond donors (Lipinski definition) is 1. The SMILES string of the molecule is COc1cc(C=NNC(=O)COc2ccc(C(C)(C)CC(C)(C)C)cc2[N+](=O)[O-])ccc1OC(=O)c1cc(OC)c(OC)c(OC)c1. The lowest BCUT2D eigenvalue weighted by Crippen LogP contribution is -2.26. The van der Waals surface area contributed by atoms with Crippen molar-refractivity contribution in [1.29, 1.82) is 0 Å². The Kier molecular flexibility index (Phi) is 11.8. The highest BCUT2D eigenvalue weighted by Gasteiger charge is 2.30. The highest BCUT2D eigenvalue weighted by molar-refractivity contribution is 5.93. The Hall–Kier alpha value is -5.33. The standard InChI is InChI=1S/C34H41N3O10/c1-33(2,3)20-34(4,5)23-11-13-25(24(17-23)37(40)41)46-19-30(38)36-35-18-21-10-12-26(27(14-21)42-6)47-32(39)22-15-28(43-7)31(45-9)29(16-22)44-8/h10-18H,19-20H2,1-9H3,(H,36,38). The van der Waals surface area contributed by atoms with Crippen LogP contribution in [0.5, 0.6) is 34.5 Å². The van der Waals surface area contributed by atoms with Crippen LogP contribution in [0.1, 0.15) is 62.5 Å². The number of esters is 1. The van der Waals surface area contributed by atoms with Crippen molar-refractivity contribution in [2.75, 3.05) is 35.0 Å². The Balaban J connectivity index is 1.65. The van der Waals surface area contributed by atoms with Gasteiger partial charge in [-0.3, -0.25) is 14.9 Å². The molecular formula is C34H41N3O10. The van der Waals surface area contributed by atoms with Crippen LogP contribution in [0.25, 0.3) is 0 Å². The molecule has 0 aliphatic heterocycles. The molecule has 0 heterocycles. The van der Waals surface area contributed by atoms with Crippen molar-refractivity contribution in [3.05, 3.63) is 75.3 Å². The lowest BCUT2D eigenvalue weighted by molar-refractivity contribution is -0.385. The Morgan fingerprint density at radius 1 is 0.830 bits per heavy atom. The zero-order valence-corrected chi connectivity index (χ0v) is 28.1. The van der Waals surface area contributed by atoms with E-state index in [1.165, 1.54) is 65.0 Å². The molecule has 0 aromatic heterocycles. The molecule has 0 unspecified atom stereocenters. The predicted octanol–water partition coefficient (Wildman–Crippen LogP) is 6.09. The second-order valence-corrected chi connectivity index (χ2v) is 12.4. The van der Waals surface area contributed by atoms with Crippen LogP contribution in [0.2, 0.25) is 0 Å². The van der Waals surface area contributed by atoms with Gasteiger partial charge in [-0.1, -0.05) is 40.7 Å². The number of nitro benzene ring substituents is 1. The number of hydrazone groups is 1. The van der Waals surface area contributed by atoms with Crippen LogP contribution in [0.15, 0.2) is 53.6 Å². The summed E-state index contributed by atoms with van der Waals surface area (Å²) in [4.78, 5) is 36.6. The van der Waals surface area contributed by atoms with Crippen LogP contribution in [0.4, 0.5) is 5.69 Å². The highest BCUT2D eigenvalue weighted by atomic mass is 16.6. The van der Waals surface area contributed by atoms with Gasteiger partial charge in [-0.2, -0.15) is 5.10 Å². The van der Waals surface area contributed by atoms with E-state index < -0.39 is 23.4 Å². The van der Waals surface area contributed by atoms with Crippen molar-refractivity contribution in [1.82, 2.24) is 5.43 Å². The summed E-state index contributed by atoms with van der Waals surface area (Å²) in [5, 5.41) is 15.7. The molecule has 0 fully saturated rings. The number of nitrogens with one attached hydrogen (secondary N) is 1. The Bertz CT molecular complexity index is 1620. The molecule has 252 valence electrons. The summed E-state index contributed by atoms with van der Waals surface area (Å²) in [5.41, 5.74) is 3.28. The smallest absolute Gasteiger partial charge is 0.343 e. The Morgan fingerprint density at radius 3 is 2.00 bits per heavy atom. The molecular weight excluding hydrogens is 610 g/mol. The summed E-state index contributed by atoms with van der Waals surface area (Å²) in [6.07, 6.45) is 2.16. The number of carbonyl (C=O) groups excluding carboxylic acids is 2. The summed E-state index contributed by atoms with van der Waals surface area (Å²) in [7, 11) is 5.73. The molecule has 0 bridgehead atoms. The fourth-order valence-corrected chi connectivity index (χ4v) is 5.19. The number of carbonyl (C=O) groups is 2. The van der Waals surface area contributed by atoms with Gasteiger partial charge >= 0.3 is 11.7 Å². The summed E-state index contributed by atoms with van der Waals surface area (Å²) in [6.45, 7) is 9.93. The molecule has 0 radical (unpaired) electrons. The summed E-state index contributed by atoms with van der Waals surface area (Å²) in [5.74, 6) is -0.0760. The molecule has 0 aliphatic rings. The maximum absolute atomic E-state index is 12.9. The monoisotopic (exact) mass is 651 g/mol. The second-order valence-electron chi connectivity index (χ2n) is 12.4. The average molecular weight is 652 g/mol. The lowest BCUT2D eigenvalue weighted by Gasteiger charge is -2.33. The van der Waals surface area contributed by atoms with Crippen molar-refractivity contribution >= 4 is 23.8 Å². The topological polar surface area (TPSA) is 157 Å². The van der Waals surface area contributed by atoms with Crippen LogP contribution in [0, 0.1) is 15.5 Å². The van der Waals surface area contributed by atoms with Crippen molar-refractivity contribution in [2.45, 2.75) is 46.5 Å². The average Bonchev–Trinajstić information content (AvgIpc) is 3.02. The molecule has 3 aromatic rings. The number of amides is 1. The fraction of sp³-hybridized carbons (Fsp3) is 0.382. The summed E-state index contributed by atoms with van der Waals surface area (Å²) < 4.78 is 32.3. The molecule has 0 saturated heterocycles. The minimum atomic E-state index is -0.695. The number of rotatable bonds is 14. The lowest BCUT2D eigenvalue weighted by atomic mass is 9.72. The molecule has 1 N–H and O–H groups in total. The Labute approximate surface area is 273 Å². The van der Waals surface area contributed by atoms with Gasteiger partial charge in [0, 0.05) is 6.07 Å². The molecule has 3 rings (SSSR count). The molecule has 0 atom stereocenters. The van der Waals surface area contributed by atoms with E-state index in [9.17, 15) is 19.7 Å². The number of benzene rings is 3. The normalized spacial score (nSPS) is 11.5. The molecule has 0 spiro atoms. The summed E-state index contributed by atoms with van der Waals surface area (Å²) in [6, 6.07) is 12.4. The number of methoxy groups -OCH3 is 4. The van der Waals surface area contributed by atoms with E-state index in [2.05, 4.69) is 31.3 Å². The van der Waals surface area contributed by atoms with Gasteiger partial charge in [-0.15, -0.1) is 0 Å². The largest absolute Gasteiger partial charge is 0.493 e. The first-order valence-corrected chi connectivity index (χ1v) is 14.6. The quantitative estimate of drug-likeness (QED) is 0.0711. The van der Waals surface area contributed by atoms with Gasteiger partial charge < -0.3 is 28.4 Å². The van der Waals surface area contributed by atoms with Crippen molar-refractivity contribution in [3.63, 3.8) is 0 Å². The van der Waals surface area contributed by atoms with E-state index in [0.29, 0.717) is 11.3 Å². The molecule has 0 aliphatic carbocycles. The molecule has 1 amide bonds. The highest BCUT2D eigenvalue weighted by Crippen LogP contribution is 2.40. The number of hydrogen-bond acceptors (Lipinski definition) is 11. The van der Waals surface area contributed by atoms with Crippen LogP contribution < -0.4 is 33.8 Å². The molecule has 13 heteroatoms. The first-order chi connectivity index (χ1) is 22.1. The van der Waals surface area contributed by atoms with Crippen LogP contribution in [0.3, 0.4) is 0 Å². The van der Waals surface area contributed by atoms with E-state index in [0.717, 1.165) is 12.0 Å². The molecule has 3 aromatic carbocycles. The third-order valence-electron chi connectivity index (χ3n) is 6.96. The summed E-state index contributed by atoms with van der Waals surface area (Å²) >= 11 is 0. The zero-order valence-electron chi connectivity index (χ0n) is 28.1. The maximum atomic E-state index is 12.9. The van der Waals surface area contributed by atoms with Gasteiger partial charge in [0.05, 0.1) is 45.1 Å². The third-order valence-corrected chi connectivity index (χ3v) is 6.96. The van der Waals surface area contributed by atoms with Gasteiger partial charge in [-0.25, -0.2) is 10.2 Å². The predicted molar refractivity (Wildman–Crippen MR) is 175 cm³/mol. The van der Waals surface area contributed by atoms with Crippen LogP contribution in [-0.2, 0) is 10.2 Å². The first kappa shape index (κ1) is 36.1. The van der Waals surface area contributed by atoms with Gasteiger partial charge in [0.15, 0.2) is 35.4 Å². The molecule has 47 heavy (non-hydrogen) atoms. The second kappa shape index (κ2) is 15.3. The van der Waals surface area contributed by atoms with E-state index in [1.807, 2.05) is 13.8 Å². The maximum Gasteiger partial charge on any atom is 0.343 e. The van der Waals surface area contributed by atoms with Crippen molar-refractivity contribution in [2.24, 2.45) is 10.5 Å². The fourth-order valence-electron chi connectivity index (χ4n) is 5.19. The van der Waals surface area contributed by atoms with Gasteiger partial charge in [0.2, 0.25) is 5.75 Å². The zero-order chi connectivity index (χ0) is 34.9. The van der Waals surface area contributed by atoms with Gasteiger partial charge in [0.1, 0.15) is 0 Å². The number of nitro groups is 1. The van der Waals surface area contributed by atoms with Crippen molar-refractivity contribution in [3.8, 4) is 34.5 Å². The first-order valence-electron chi connectivity index (χ1n) is 14.6. The van der Waals surface area contributed by atoms with Gasteiger partial charge in [0.25, 0.3) is 5.91 Å². The van der Waals surface area contributed by atoms with E-state index in [1.54, 1.807) is 18.2 Å².